The Kier molecular flexibility index (Phi) is 9.29. The molecule has 1 unspecified atom stereocenters. The molecule has 0 spiro atoms. The molecule has 0 fully saturated rings. The summed E-state index contributed by atoms with van der Waals surface area (Å²) >= 11 is 0. The number of hydrogen-bond donors (Lipinski definition) is 1. The maximum Gasteiger partial charge on any atom is 0.205 e. The van der Waals surface area contributed by atoms with Crippen LogP contribution in [-0.4, -0.2) is 56.6 Å². The molecule has 0 amide bonds. The van der Waals surface area contributed by atoms with E-state index in [2.05, 4.69) is 32.6 Å². The zero-order valence-corrected chi connectivity index (χ0v) is 22.0. The summed E-state index contributed by atoms with van der Waals surface area (Å²) in [4.78, 5) is 2.36. The van der Waals surface area contributed by atoms with Gasteiger partial charge in [-0.05, 0) is 64.3 Å². The molecule has 0 aliphatic rings. The third kappa shape index (κ3) is 6.03. The van der Waals surface area contributed by atoms with Crippen molar-refractivity contribution in [2.45, 2.75) is 58.7 Å². The van der Waals surface area contributed by atoms with Gasteiger partial charge in [0, 0.05) is 18.6 Å². The summed E-state index contributed by atoms with van der Waals surface area (Å²) in [5, 5.41) is 12.1. The van der Waals surface area contributed by atoms with Crippen LogP contribution in [0, 0.1) is 0 Å². The molecule has 3 aromatic rings. The molecule has 7 nitrogen and oxygen atoms in total. The largest absolute Gasteiger partial charge is 0.497 e. The third-order valence-corrected chi connectivity index (χ3v) is 6.34. The van der Waals surface area contributed by atoms with Crippen molar-refractivity contribution >= 4 is 11.0 Å². The van der Waals surface area contributed by atoms with E-state index in [9.17, 15) is 5.11 Å². The molecule has 192 valence electrons. The second kappa shape index (κ2) is 12.2. The fourth-order valence-electron chi connectivity index (χ4n) is 4.59. The van der Waals surface area contributed by atoms with Gasteiger partial charge in [-0.15, -0.1) is 0 Å². The number of furan rings is 1. The predicted molar refractivity (Wildman–Crippen MR) is 138 cm³/mol. The SMILES string of the molecule is COc1ccc(CCC(O)c2c(OCCN(C(C)C)C(C)C)c(OC)c3occc3c2OC)cc1. The highest BCUT2D eigenvalue weighted by molar-refractivity contribution is 5.93. The van der Waals surface area contributed by atoms with Crippen molar-refractivity contribution in [3.8, 4) is 23.0 Å². The van der Waals surface area contributed by atoms with Crippen LogP contribution in [-0.2, 0) is 6.42 Å². The van der Waals surface area contributed by atoms with Gasteiger partial charge in [0.25, 0.3) is 0 Å². The average Bonchev–Trinajstić information content (AvgIpc) is 3.33. The zero-order valence-electron chi connectivity index (χ0n) is 22.0. The maximum absolute atomic E-state index is 11.4. The van der Waals surface area contributed by atoms with Crippen molar-refractivity contribution in [3.63, 3.8) is 0 Å². The van der Waals surface area contributed by atoms with Crippen molar-refractivity contribution in [2.24, 2.45) is 0 Å². The van der Waals surface area contributed by atoms with E-state index in [-0.39, 0.29) is 0 Å². The van der Waals surface area contributed by atoms with E-state index in [1.807, 2.05) is 30.3 Å². The van der Waals surface area contributed by atoms with E-state index in [1.54, 1.807) is 27.6 Å². The van der Waals surface area contributed by atoms with E-state index in [0.29, 0.717) is 59.9 Å². The number of aliphatic hydroxyl groups excluding tert-OH is 1. The minimum Gasteiger partial charge on any atom is -0.497 e. The van der Waals surface area contributed by atoms with Crippen LogP contribution in [0.4, 0.5) is 0 Å². The quantitative estimate of drug-likeness (QED) is 0.337. The molecule has 7 heteroatoms. The summed E-state index contributed by atoms with van der Waals surface area (Å²) in [6.07, 6.45) is 1.91. The Morgan fingerprint density at radius 3 is 2.09 bits per heavy atom. The van der Waals surface area contributed by atoms with Crippen LogP contribution in [0.1, 0.15) is 51.3 Å². The van der Waals surface area contributed by atoms with Gasteiger partial charge in [0.15, 0.2) is 11.3 Å². The number of hydrogen-bond acceptors (Lipinski definition) is 7. The van der Waals surface area contributed by atoms with Gasteiger partial charge in [0.2, 0.25) is 5.75 Å². The molecule has 0 saturated carbocycles. The van der Waals surface area contributed by atoms with Crippen LogP contribution in [0.5, 0.6) is 23.0 Å². The second-order valence-electron chi connectivity index (χ2n) is 9.15. The molecule has 3 rings (SSSR count). The van der Waals surface area contributed by atoms with E-state index in [4.69, 9.17) is 23.4 Å². The topological polar surface area (TPSA) is 73.5 Å². The maximum atomic E-state index is 11.4. The first kappa shape index (κ1) is 26.7. The van der Waals surface area contributed by atoms with Crippen molar-refractivity contribution < 1.29 is 28.5 Å². The molecule has 0 radical (unpaired) electrons. The minimum absolute atomic E-state index is 0.386. The number of benzene rings is 2. The highest BCUT2D eigenvalue weighted by Crippen LogP contribution is 2.49. The van der Waals surface area contributed by atoms with E-state index in [1.165, 1.54) is 0 Å². The molecule has 0 bridgehead atoms. The number of methoxy groups -OCH3 is 3. The van der Waals surface area contributed by atoms with Crippen molar-refractivity contribution in [3.05, 3.63) is 47.7 Å². The second-order valence-corrected chi connectivity index (χ2v) is 9.15. The van der Waals surface area contributed by atoms with Crippen LogP contribution >= 0.6 is 0 Å². The van der Waals surface area contributed by atoms with Gasteiger partial charge in [-0.1, -0.05) is 12.1 Å². The summed E-state index contributed by atoms with van der Waals surface area (Å²) in [5.41, 5.74) is 2.22. The molecule has 0 aliphatic carbocycles. The normalized spacial score (nSPS) is 12.5. The average molecular weight is 486 g/mol. The van der Waals surface area contributed by atoms with Crippen LogP contribution < -0.4 is 18.9 Å². The highest BCUT2D eigenvalue weighted by atomic mass is 16.5. The van der Waals surface area contributed by atoms with Gasteiger partial charge in [0.05, 0.1) is 44.6 Å². The van der Waals surface area contributed by atoms with Crippen LogP contribution in [0.15, 0.2) is 41.0 Å². The molecular weight excluding hydrogens is 446 g/mol. The van der Waals surface area contributed by atoms with Gasteiger partial charge < -0.3 is 28.5 Å². The van der Waals surface area contributed by atoms with Gasteiger partial charge in [0.1, 0.15) is 18.1 Å². The summed E-state index contributed by atoms with van der Waals surface area (Å²) in [6.45, 7) is 9.86. The molecule has 2 aromatic carbocycles. The van der Waals surface area contributed by atoms with Gasteiger partial charge >= 0.3 is 0 Å². The lowest BCUT2D eigenvalue weighted by Gasteiger charge is -2.30. The van der Waals surface area contributed by atoms with Gasteiger partial charge in [-0.2, -0.15) is 0 Å². The minimum atomic E-state index is -0.832. The number of fused-ring (bicyclic) bond motifs is 1. The molecule has 0 aliphatic heterocycles. The Labute approximate surface area is 208 Å². The first-order chi connectivity index (χ1) is 16.8. The van der Waals surface area contributed by atoms with Crippen molar-refractivity contribution in [2.75, 3.05) is 34.5 Å². The van der Waals surface area contributed by atoms with Crippen LogP contribution in [0.2, 0.25) is 0 Å². The van der Waals surface area contributed by atoms with Crippen LogP contribution in [0.25, 0.3) is 11.0 Å². The van der Waals surface area contributed by atoms with Gasteiger partial charge in [-0.25, -0.2) is 0 Å². The Bertz CT molecular complexity index is 1070. The summed E-state index contributed by atoms with van der Waals surface area (Å²) < 4.78 is 28.8. The standard InChI is InChI=1S/C28H39NO6/c1-18(2)29(19(3)4)15-17-35-27-24(23(30)13-10-20-8-11-21(31-5)12-9-20)25(32-6)22-14-16-34-26(22)28(27)33-7/h8-9,11-12,14,16,18-19,23,30H,10,13,15,17H2,1-7H3. The summed E-state index contributed by atoms with van der Waals surface area (Å²) in [5.74, 6) is 2.27. The molecule has 0 saturated heterocycles. The molecule has 1 atom stereocenters. The third-order valence-electron chi connectivity index (χ3n) is 6.34. The van der Waals surface area contributed by atoms with Gasteiger partial charge in [-0.3, -0.25) is 4.90 Å². The summed E-state index contributed by atoms with van der Waals surface area (Å²) in [7, 11) is 4.82. The molecular formula is C28H39NO6. The molecule has 1 heterocycles. The molecule has 1 aromatic heterocycles. The highest BCUT2D eigenvalue weighted by Gasteiger charge is 2.29. The lowest BCUT2D eigenvalue weighted by atomic mass is 9.97. The number of aliphatic hydroxyl groups is 1. The van der Waals surface area contributed by atoms with Crippen molar-refractivity contribution in [1.29, 1.82) is 0 Å². The lowest BCUT2D eigenvalue weighted by Crippen LogP contribution is -2.39. The Hall–Kier alpha value is -2.90. The predicted octanol–water partition coefficient (Wildman–Crippen LogP) is 5.62. The summed E-state index contributed by atoms with van der Waals surface area (Å²) in [6, 6.07) is 10.5. The molecule has 35 heavy (non-hydrogen) atoms. The lowest BCUT2D eigenvalue weighted by molar-refractivity contribution is 0.131. The van der Waals surface area contributed by atoms with Crippen molar-refractivity contribution in [1.82, 2.24) is 4.90 Å². The Morgan fingerprint density at radius 1 is 0.857 bits per heavy atom. The number of nitrogens with zero attached hydrogens (tertiary/aromatic N) is 1. The number of rotatable bonds is 13. The van der Waals surface area contributed by atoms with E-state index >= 15 is 0 Å². The fraction of sp³-hybridized carbons (Fsp3) is 0.500. The first-order valence-corrected chi connectivity index (χ1v) is 12.2. The van der Waals surface area contributed by atoms with Crippen LogP contribution in [0.3, 0.4) is 0 Å². The monoisotopic (exact) mass is 485 g/mol. The fourth-order valence-corrected chi connectivity index (χ4v) is 4.59. The zero-order chi connectivity index (χ0) is 25.5. The molecule has 1 N–H and O–H groups in total. The van der Waals surface area contributed by atoms with E-state index in [0.717, 1.165) is 23.2 Å². The number of ether oxygens (including phenoxy) is 4. The number of aryl methyl sites for hydroxylation is 1. The van der Waals surface area contributed by atoms with E-state index < -0.39 is 6.10 Å². The Morgan fingerprint density at radius 2 is 1.51 bits per heavy atom. The first-order valence-electron chi connectivity index (χ1n) is 12.2. The Balaban J connectivity index is 1.94. The smallest absolute Gasteiger partial charge is 0.205 e.